The minimum absolute atomic E-state index is 0.144. The number of aliphatic hydroxyl groups excluding tert-OH is 1. The molecule has 0 bridgehead atoms. The maximum absolute atomic E-state index is 13.6. The number of hydrogen-bond acceptors (Lipinski definition) is 6. The molecule has 9 nitrogen and oxygen atoms in total. The van der Waals surface area contributed by atoms with Crippen LogP contribution in [-0.2, 0) is 22.6 Å². The molecule has 3 rings (SSSR count). The van der Waals surface area contributed by atoms with Gasteiger partial charge in [-0.3, -0.25) is 14.4 Å². The maximum atomic E-state index is 13.6. The van der Waals surface area contributed by atoms with E-state index < -0.39 is 24.0 Å². The minimum atomic E-state index is -1.56. The van der Waals surface area contributed by atoms with Crippen LogP contribution >= 0.6 is 0 Å². The number of aryl methyl sites for hydroxylation is 1. The largest absolute Gasteiger partial charge is 0.381 e. The van der Waals surface area contributed by atoms with Crippen molar-refractivity contribution in [1.82, 2.24) is 15.1 Å². The smallest absolute Gasteiger partial charge is 0.253 e. The van der Waals surface area contributed by atoms with Crippen LogP contribution in [0.5, 0.6) is 0 Å². The Hall–Kier alpha value is -4.37. The Morgan fingerprint density at radius 1 is 0.977 bits per heavy atom. The fourth-order valence-electron chi connectivity index (χ4n) is 4.76. The molecule has 0 aliphatic rings. The van der Waals surface area contributed by atoms with Crippen LogP contribution in [0, 0.1) is 18.8 Å². The summed E-state index contributed by atoms with van der Waals surface area (Å²) in [6, 6.07) is 20.4. The molecule has 3 atom stereocenters. The molecular formula is C34H44N4O5. The lowest BCUT2D eigenvalue weighted by molar-refractivity contribution is -0.142. The Morgan fingerprint density at radius 2 is 1.63 bits per heavy atom. The van der Waals surface area contributed by atoms with Crippen molar-refractivity contribution in [2.24, 2.45) is 5.18 Å². The van der Waals surface area contributed by atoms with E-state index in [0.717, 1.165) is 23.1 Å². The van der Waals surface area contributed by atoms with E-state index in [9.17, 15) is 24.4 Å². The first-order chi connectivity index (χ1) is 20.7. The average molecular weight is 589 g/mol. The van der Waals surface area contributed by atoms with Crippen molar-refractivity contribution in [3.05, 3.63) is 106 Å². The first-order valence-corrected chi connectivity index (χ1v) is 14.7. The van der Waals surface area contributed by atoms with Crippen molar-refractivity contribution < 1.29 is 19.5 Å². The molecule has 9 heteroatoms. The Balaban J connectivity index is 0.00000316. The van der Waals surface area contributed by atoms with E-state index in [-0.39, 0.29) is 30.3 Å². The standard InChI is InChI=1S/C32H38N4O5.C2H6/c1-5-35(19-23(3)36(21-37)20-26-15-10-9-12-22(26)2)32(40)30(38)29(18-25-13-7-6-8-14-25)33-31(39)27-16-11-17-28(34-41)24(27)4;1-2/h6-17,21,23,29-30,38H,5,18-20H2,1-4H3,(H,33,39);1-2H3. The highest BCUT2D eigenvalue weighted by atomic mass is 16.3. The molecule has 0 heterocycles. The topological polar surface area (TPSA) is 119 Å². The fraction of sp³-hybridized carbons (Fsp3) is 0.382. The summed E-state index contributed by atoms with van der Waals surface area (Å²) in [6.45, 7) is 12.2. The van der Waals surface area contributed by atoms with E-state index >= 15 is 0 Å². The van der Waals surface area contributed by atoms with Gasteiger partial charge in [0.1, 0.15) is 5.69 Å². The van der Waals surface area contributed by atoms with E-state index in [1.165, 1.54) is 11.0 Å². The van der Waals surface area contributed by atoms with Crippen LogP contribution in [0.25, 0.3) is 0 Å². The maximum Gasteiger partial charge on any atom is 0.253 e. The van der Waals surface area contributed by atoms with E-state index in [2.05, 4.69) is 10.5 Å². The SMILES string of the molecule is CC.CCN(CC(C)N(C=O)Cc1ccccc1C)C(=O)C(O)C(Cc1ccccc1)NC(=O)c1cccc(N=O)c1C. The number of nitroso groups, excluding NO2 is 1. The quantitative estimate of drug-likeness (QED) is 0.195. The summed E-state index contributed by atoms with van der Waals surface area (Å²) < 4.78 is 0. The molecule has 0 saturated carbocycles. The third-order valence-electron chi connectivity index (χ3n) is 7.39. The number of hydrogen-bond donors (Lipinski definition) is 2. The van der Waals surface area contributed by atoms with Crippen LogP contribution in [0.15, 0.2) is 78.0 Å². The highest BCUT2D eigenvalue weighted by Gasteiger charge is 2.32. The highest BCUT2D eigenvalue weighted by molar-refractivity contribution is 5.97. The molecule has 0 aromatic heterocycles. The lowest BCUT2D eigenvalue weighted by Gasteiger charge is -2.33. The van der Waals surface area contributed by atoms with E-state index in [4.69, 9.17) is 0 Å². The zero-order valence-corrected chi connectivity index (χ0v) is 26.0. The predicted octanol–water partition coefficient (Wildman–Crippen LogP) is 5.33. The molecule has 0 radical (unpaired) electrons. The normalized spacial score (nSPS) is 12.5. The lowest BCUT2D eigenvalue weighted by Crippen LogP contribution is -2.54. The monoisotopic (exact) mass is 588 g/mol. The third-order valence-corrected chi connectivity index (χ3v) is 7.39. The molecule has 0 spiro atoms. The van der Waals surface area contributed by atoms with Gasteiger partial charge in [-0.2, -0.15) is 0 Å². The van der Waals surface area contributed by atoms with Gasteiger partial charge in [-0.15, -0.1) is 4.91 Å². The summed E-state index contributed by atoms with van der Waals surface area (Å²) >= 11 is 0. The van der Waals surface area contributed by atoms with Crippen LogP contribution in [0.3, 0.4) is 0 Å². The van der Waals surface area contributed by atoms with Crippen LogP contribution in [0.4, 0.5) is 5.69 Å². The number of carbonyl (C=O) groups is 3. The number of amides is 3. The van der Waals surface area contributed by atoms with E-state index in [1.807, 2.05) is 82.3 Å². The van der Waals surface area contributed by atoms with Gasteiger partial charge in [0.15, 0.2) is 6.10 Å². The van der Waals surface area contributed by atoms with Crippen LogP contribution < -0.4 is 5.32 Å². The first-order valence-electron chi connectivity index (χ1n) is 14.7. The number of nitrogens with one attached hydrogen (secondary N) is 1. The summed E-state index contributed by atoms with van der Waals surface area (Å²) in [5.74, 6) is -1.08. The van der Waals surface area contributed by atoms with E-state index in [1.54, 1.807) is 30.9 Å². The Bertz CT molecular complexity index is 1350. The number of benzene rings is 3. The molecule has 230 valence electrons. The van der Waals surface area contributed by atoms with Gasteiger partial charge in [0.25, 0.3) is 11.8 Å². The Morgan fingerprint density at radius 3 is 2.23 bits per heavy atom. The van der Waals surface area contributed by atoms with Crippen molar-refractivity contribution in [2.45, 2.75) is 72.7 Å². The van der Waals surface area contributed by atoms with Crippen molar-refractivity contribution in [1.29, 1.82) is 0 Å². The highest BCUT2D eigenvalue weighted by Crippen LogP contribution is 2.22. The predicted molar refractivity (Wildman–Crippen MR) is 170 cm³/mol. The van der Waals surface area contributed by atoms with Gasteiger partial charge in [-0.05, 0) is 73.7 Å². The molecule has 0 saturated heterocycles. The van der Waals surface area contributed by atoms with Crippen LogP contribution in [0.1, 0.15) is 60.3 Å². The Labute approximate surface area is 254 Å². The number of rotatable bonds is 14. The second kappa shape index (κ2) is 17.6. The number of nitrogens with zero attached hydrogens (tertiary/aromatic N) is 3. The second-order valence-electron chi connectivity index (χ2n) is 10.2. The van der Waals surface area contributed by atoms with Gasteiger partial charge < -0.3 is 20.2 Å². The second-order valence-corrected chi connectivity index (χ2v) is 10.2. The Kier molecular flexibility index (Phi) is 14.2. The summed E-state index contributed by atoms with van der Waals surface area (Å²) in [5.41, 5.74) is 3.69. The lowest BCUT2D eigenvalue weighted by atomic mass is 9.98. The van der Waals surface area contributed by atoms with Gasteiger partial charge in [0, 0.05) is 31.2 Å². The van der Waals surface area contributed by atoms with Crippen molar-refractivity contribution in [3.8, 4) is 0 Å². The molecular weight excluding hydrogens is 544 g/mol. The van der Waals surface area contributed by atoms with Gasteiger partial charge in [-0.25, -0.2) is 0 Å². The van der Waals surface area contributed by atoms with Gasteiger partial charge in [0.2, 0.25) is 6.41 Å². The minimum Gasteiger partial charge on any atom is -0.381 e. The van der Waals surface area contributed by atoms with Gasteiger partial charge >= 0.3 is 0 Å². The zero-order chi connectivity index (χ0) is 31.9. The molecule has 0 aliphatic carbocycles. The molecule has 3 unspecified atom stereocenters. The van der Waals surface area contributed by atoms with Crippen molar-refractivity contribution in [2.75, 3.05) is 13.1 Å². The zero-order valence-electron chi connectivity index (χ0n) is 26.0. The molecule has 3 aromatic carbocycles. The summed E-state index contributed by atoms with van der Waals surface area (Å²) in [6.07, 6.45) is -0.583. The average Bonchev–Trinajstić information content (AvgIpc) is 3.03. The molecule has 3 aromatic rings. The number of aliphatic hydroxyl groups is 1. The van der Waals surface area contributed by atoms with Crippen LogP contribution in [-0.4, -0.2) is 64.4 Å². The fourth-order valence-corrected chi connectivity index (χ4v) is 4.76. The van der Waals surface area contributed by atoms with Gasteiger partial charge in [0.05, 0.1) is 6.04 Å². The molecule has 0 aliphatic heterocycles. The molecule has 3 amide bonds. The van der Waals surface area contributed by atoms with Crippen molar-refractivity contribution in [3.63, 3.8) is 0 Å². The summed E-state index contributed by atoms with van der Waals surface area (Å²) in [4.78, 5) is 53.1. The summed E-state index contributed by atoms with van der Waals surface area (Å²) in [7, 11) is 0. The van der Waals surface area contributed by atoms with Crippen molar-refractivity contribution >= 4 is 23.9 Å². The van der Waals surface area contributed by atoms with E-state index in [0.29, 0.717) is 18.7 Å². The third kappa shape index (κ3) is 9.58. The van der Waals surface area contributed by atoms with Crippen LogP contribution in [0.2, 0.25) is 0 Å². The molecule has 0 fully saturated rings. The number of carbonyl (C=O) groups excluding carboxylic acids is 3. The number of likely N-dealkylation sites (N-methyl/N-ethyl adjacent to an activating group) is 1. The van der Waals surface area contributed by atoms with Gasteiger partial charge in [-0.1, -0.05) is 74.5 Å². The first kappa shape index (κ1) is 34.8. The summed E-state index contributed by atoms with van der Waals surface area (Å²) in [5, 5.41) is 17.1. The molecule has 43 heavy (non-hydrogen) atoms. The molecule has 2 N–H and O–H groups in total.